The van der Waals surface area contributed by atoms with Gasteiger partial charge in [-0.1, -0.05) is 18.2 Å². The Morgan fingerprint density at radius 2 is 1.95 bits per heavy atom. The average Bonchev–Trinajstić information content (AvgIpc) is 2.48. The summed E-state index contributed by atoms with van der Waals surface area (Å²) in [5, 5.41) is 21.6. The third-order valence-electron chi connectivity index (χ3n) is 3.03. The molecule has 0 saturated heterocycles. The molecule has 0 aliphatic carbocycles. The molecule has 1 atom stereocenters. The van der Waals surface area contributed by atoms with Crippen molar-refractivity contribution < 1.29 is 9.50 Å². The van der Waals surface area contributed by atoms with Gasteiger partial charge in [0.2, 0.25) is 0 Å². The van der Waals surface area contributed by atoms with Crippen LogP contribution in [0.2, 0.25) is 0 Å². The Kier molecular flexibility index (Phi) is 4.34. The summed E-state index contributed by atoms with van der Waals surface area (Å²) in [6.45, 7) is 2.08. The number of aliphatic hydroxyl groups is 1. The molecular formula is C16H15FN2O. The number of hydrogen-bond donors (Lipinski definition) is 2. The Hall–Kier alpha value is -2.38. The zero-order valence-electron chi connectivity index (χ0n) is 11.1. The molecular weight excluding hydrogens is 255 g/mol. The smallest absolute Gasteiger partial charge is 0.146 e. The SMILES string of the molecule is Cc1ccc(F)c(NCC(O)c2ccc(C#N)cc2)c1. The lowest BCUT2D eigenvalue weighted by Crippen LogP contribution is -2.13. The zero-order chi connectivity index (χ0) is 14.5. The van der Waals surface area contributed by atoms with Gasteiger partial charge in [-0.2, -0.15) is 5.26 Å². The van der Waals surface area contributed by atoms with E-state index < -0.39 is 6.10 Å². The summed E-state index contributed by atoms with van der Waals surface area (Å²) in [6.07, 6.45) is -0.761. The average molecular weight is 270 g/mol. The Balaban J connectivity index is 2.02. The van der Waals surface area contributed by atoms with Crippen LogP contribution in [0, 0.1) is 24.1 Å². The fraction of sp³-hybridized carbons (Fsp3) is 0.188. The van der Waals surface area contributed by atoms with E-state index in [1.807, 2.05) is 13.0 Å². The number of nitrogens with one attached hydrogen (secondary N) is 1. The van der Waals surface area contributed by atoms with Gasteiger partial charge in [0.1, 0.15) is 5.82 Å². The summed E-state index contributed by atoms with van der Waals surface area (Å²) in [7, 11) is 0. The molecule has 2 aromatic carbocycles. The molecule has 0 aliphatic rings. The van der Waals surface area contributed by atoms with E-state index in [-0.39, 0.29) is 12.4 Å². The third-order valence-corrected chi connectivity index (χ3v) is 3.03. The lowest BCUT2D eigenvalue weighted by Gasteiger charge is -2.14. The maximum absolute atomic E-state index is 13.5. The van der Waals surface area contributed by atoms with Crippen LogP contribution in [0.5, 0.6) is 0 Å². The Morgan fingerprint density at radius 1 is 1.25 bits per heavy atom. The van der Waals surface area contributed by atoms with Crippen LogP contribution in [0.4, 0.5) is 10.1 Å². The maximum atomic E-state index is 13.5. The van der Waals surface area contributed by atoms with Gasteiger partial charge in [-0.15, -0.1) is 0 Å². The van der Waals surface area contributed by atoms with E-state index >= 15 is 0 Å². The minimum Gasteiger partial charge on any atom is -0.387 e. The normalized spacial score (nSPS) is 11.7. The second-order valence-corrected chi connectivity index (χ2v) is 4.61. The van der Waals surface area contributed by atoms with Crippen molar-refractivity contribution in [3.63, 3.8) is 0 Å². The monoisotopic (exact) mass is 270 g/mol. The molecule has 0 heterocycles. The van der Waals surface area contributed by atoms with E-state index in [1.54, 1.807) is 36.4 Å². The van der Waals surface area contributed by atoms with Crippen LogP contribution in [-0.4, -0.2) is 11.7 Å². The van der Waals surface area contributed by atoms with Crippen molar-refractivity contribution in [1.29, 1.82) is 5.26 Å². The van der Waals surface area contributed by atoms with Gasteiger partial charge in [0.15, 0.2) is 0 Å². The van der Waals surface area contributed by atoms with Gasteiger partial charge in [-0.05, 0) is 42.3 Å². The number of rotatable bonds is 4. The van der Waals surface area contributed by atoms with E-state index in [0.717, 1.165) is 5.56 Å². The first-order valence-corrected chi connectivity index (χ1v) is 6.28. The lowest BCUT2D eigenvalue weighted by molar-refractivity contribution is 0.191. The van der Waals surface area contributed by atoms with Crippen LogP contribution >= 0.6 is 0 Å². The highest BCUT2D eigenvalue weighted by Gasteiger charge is 2.09. The van der Waals surface area contributed by atoms with Crippen molar-refractivity contribution in [2.45, 2.75) is 13.0 Å². The molecule has 1 unspecified atom stereocenters. The summed E-state index contributed by atoms with van der Waals surface area (Å²) in [5.41, 5.74) is 2.54. The molecule has 20 heavy (non-hydrogen) atoms. The van der Waals surface area contributed by atoms with Gasteiger partial charge in [0.05, 0.1) is 23.4 Å². The van der Waals surface area contributed by atoms with E-state index in [9.17, 15) is 9.50 Å². The van der Waals surface area contributed by atoms with Crippen molar-refractivity contribution in [2.24, 2.45) is 0 Å². The quantitative estimate of drug-likeness (QED) is 0.897. The predicted molar refractivity (Wildman–Crippen MR) is 75.7 cm³/mol. The fourth-order valence-corrected chi connectivity index (χ4v) is 1.88. The summed E-state index contributed by atoms with van der Waals surface area (Å²) in [6, 6.07) is 13.5. The number of benzene rings is 2. The Bertz CT molecular complexity index is 632. The van der Waals surface area contributed by atoms with Gasteiger partial charge in [0, 0.05) is 6.54 Å². The minimum absolute atomic E-state index is 0.201. The summed E-state index contributed by atoms with van der Waals surface area (Å²) < 4.78 is 13.5. The topological polar surface area (TPSA) is 56.0 Å². The first-order valence-electron chi connectivity index (χ1n) is 6.28. The molecule has 0 spiro atoms. The first kappa shape index (κ1) is 14.0. The number of anilines is 1. The standard InChI is InChI=1S/C16H15FN2O/c1-11-2-7-14(17)15(8-11)19-10-16(20)13-5-3-12(9-18)4-6-13/h2-8,16,19-20H,10H2,1H3. The number of aliphatic hydroxyl groups excluding tert-OH is 1. The molecule has 0 aliphatic heterocycles. The number of halogens is 1. The van der Waals surface area contributed by atoms with Crippen LogP contribution in [-0.2, 0) is 0 Å². The van der Waals surface area contributed by atoms with Gasteiger partial charge in [0.25, 0.3) is 0 Å². The molecule has 0 radical (unpaired) electrons. The second-order valence-electron chi connectivity index (χ2n) is 4.61. The number of nitriles is 1. The molecule has 2 aromatic rings. The van der Waals surface area contributed by atoms with Crippen LogP contribution in [0.3, 0.4) is 0 Å². The van der Waals surface area contributed by atoms with Crippen molar-refractivity contribution in [2.75, 3.05) is 11.9 Å². The lowest BCUT2D eigenvalue weighted by atomic mass is 10.1. The molecule has 0 amide bonds. The maximum Gasteiger partial charge on any atom is 0.146 e. The van der Waals surface area contributed by atoms with Crippen LogP contribution in [0.25, 0.3) is 0 Å². The molecule has 0 saturated carbocycles. The van der Waals surface area contributed by atoms with Crippen LogP contribution in [0.15, 0.2) is 42.5 Å². The van der Waals surface area contributed by atoms with Crippen molar-refractivity contribution in [3.8, 4) is 6.07 Å². The Labute approximate surface area is 117 Å². The molecule has 2 rings (SSSR count). The molecule has 4 heteroatoms. The molecule has 0 bridgehead atoms. The minimum atomic E-state index is -0.761. The number of nitrogens with zero attached hydrogens (tertiary/aromatic N) is 1. The third kappa shape index (κ3) is 3.34. The molecule has 0 aromatic heterocycles. The van der Waals surface area contributed by atoms with Crippen LogP contribution in [0.1, 0.15) is 22.8 Å². The Morgan fingerprint density at radius 3 is 2.60 bits per heavy atom. The van der Waals surface area contributed by atoms with Gasteiger partial charge in [-0.3, -0.25) is 0 Å². The largest absolute Gasteiger partial charge is 0.387 e. The van der Waals surface area contributed by atoms with E-state index in [2.05, 4.69) is 5.32 Å². The highest BCUT2D eigenvalue weighted by atomic mass is 19.1. The zero-order valence-corrected chi connectivity index (χ0v) is 11.1. The molecule has 0 fully saturated rings. The van der Waals surface area contributed by atoms with Gasteiger partial charge in [-0.25, -0.2) is 4.39 Å². The predicted octanol–water partition coefficient (Wildman–Crippen LogP) is 3.15. The molecule has 102 valence electrons. The van der Waals surface area contributed by atoms with E-state index in [0.29, 0.717) is 16.8 Å². The first-order chi connectivity index (χ1) is 9.60. The van der Waals surface area contributed by atoms with Crippen molar-refractivity contribution in [1.82, 2.24) is 0 Å². The molecule has 3 nitrogen and oxygen atoms in total. The molecule has 2 N–H and O–H groups in total. The number of aryl methyl sites for hydroxylation is 1. The highest BCUT2D eigenvalue weighted by Crippen LogP contribution is 2.18. The second kappa shape index (κ2) is 6.18. The number of hydrogen-bond acceptors (Lipinski definition) is 3. The van der Waals surface area contributed by atoms with Crippen molar-refractivity contribution in [3.05, 3.63) is 65.0 Å². The highest BCUT2D eigenvalue weighted by molar-refractivity contribution is 5.47. The van der Waals surface area contributed by atoms with E-state index in [1.165, 1.54) is 6.07 Å². The van der Waals surface area contributed by atoms with Crippen LogP contribution < -0.4 is 5.32 Å². The summed E-state index contributed by atoms with van der Waals surface area (Å²) >= 11 is 0. The fourth-order valence-electron chi connectivity index (χ4n) is 1.88. The van der Waals surface area contributed by atoms with Gasteiger partial charge >= 0.3 is 0 Å². The summed E-state index contributed by atoms with van der Waals surface area (Å²) in [4.78, 5) is 0. The van der Waals surface area contributed by atoms with Gasteiger partial charge < -0.3 is 10.4 Å². The van der Waals surface area contributed by atoms with Crippen molar-refractivity contribution >= 4 is 5.69 Å². The van der Waals surface area contributed by atoms with E-state index in [4.69, 9.17) is 5.26 Å². The summed E-state index contributed by atoms with van der Waals surface area (Å²) in [5.74, 6) is -0.345.